The number of nitrogens with two attached hydrogens (primary N) is 1. The molecule has 0 unspecified atom stereocenters. The molecule has 8 nitrogen and oxygen atoms in total. The molecule has 224 valence electrons. The zero-order valence-corrected chi connectivity index (χ0v) is 25.0. The molecule has 1 heterocycles. The van der Waals surface area contributed by atoms with Gasteiger partial charge in [-0.1, -0.05) is 54.9 Å². The highest BCUT2D eigenvalue weighted by atomic mass is 35.5. The quantitative estimate of drug-likeness (QED) is 0.234. The lowest BCUT2D eigenvalue weighted by atomic mass is 9.73. The van der Waals surface area contributed by atoms with Gasteiger partial charge in [-0.3, -0.25) is 4.79 Å². The van der Waals surface area contributed by atoms with E-state index in [1.807, 2.05) is 42.5 Å². The van der Waals surface area contributed by atoms with Crippen LogP contribution in [0.4, 0.5) is 4.79 Å². The normalized spacial score (nSPS) is 16.4. The number of likely N-dealkylation sites (tertiary alicyclic amines) is 1. The molecular formula is C33H40ClN3O5. The van der Waals surface area contributed by atoms with Gasteiger partial charge >= 0.3 is 6.09 Å². The largest absolute Gasteiger partial charge is 0.455 e. The van der Waals surface area contributed by atoms with Gasteiger partial charge in [0, 0.05) is 43.2 Å². The maximum Gasteiger partial charge on any atom is 0.406 e. The molecule has 3 aromatic carbocycles. The molecule has 0 aromatic heterocycles. The fourth-order valence-corrected chi connectivity index (χ4v) is 5.81. The summed E-state index contributed by atoms with van der Waals surface area (Å²) in [7, 11) is 1.31. The summed E-state index contributed by atoms with van der Waals surface area (Å²) >= 11 is 6.72. The summed E-state index contributed by atoms with van der Waals surface area (Å²) in [5.41, 5.74) is 7.54. The molecule has 0 aliphatic carbocycles. The second-order valence-corrected chi connectivity index (χ2v) is 11.1. The summed E-state index contributed by atoms with van der Waals surface area (Å²) in [6.07, 6.45) is 2.53. The highest BCUT2D eigenvalue weighted by Gasteiger charge is 2.43. The molecule has 9 heteroatoms. The average Bonchev–Trinajstić information content (AvgIpc) is 3.03. The first kappa shape index (κ1) is 31.3. The Bertz CT molecular complexity index is 1370. The number of ether oxygens (including phenoxy) is 2. The number of alkyl carbamates (subject to hydrolysis) is 1. The number of nitrogens with one attached hydrogen (secondary N) is 1. The minimum absolute atomic E-state index is 0.0862. The molecule has 0 saturated carbocycles. The molecule has 0 bridgehead atoms. The van der Waals surface area contributed by atoms with Crippen molar-refractivity contribution in [3.63, 3.8) is 0 Å². The molecule has 1 aliphatic rings. The smallest absolute Gasteiger partial charge is 0.406 e. The molecular weight excluding hydrogens is 554 g/mol. The van der Waals surface area contributed by atoms with Crippen molar-refractivity contribution in [3.8, 4) is 11.5 Å². The summed E-state index contributed by atoms with van der Waals surface area (Å²) in [5, 5.41) is 15.7. The third-order valence-corrected chi connectivity index (χ3v) is 8.27. The first-order chi connectivity index (χ1) is 20.3. The number of hydrogen-bond donors (Lipinski definition) is 3. The SMILES string of the molecule is CCc1cccc(Oc2c(Cl)cccc2[C@](O)(CCCNC(=O)OC)[C@@H]2CCCN(C(=O)c3ccc(CN)cc3)C2)c1. The number of para-hydroxylation sites is 1. The molecule has 2 atom stereocenters. The van der Waals surface area contributed by atoms with E-state index < -0.39 is 11.7 Å². The number of nitrogens with zero attached hydrogens (tertiary/aromatic N) is 1. The zero-order valence-electron chi connectivity index (χ0n) is 24.3. The Morgan fingerprint density at radius 3 is 2.60 bits per heavy atom. The molecule has 1 saturated heterocycles. The van der Waals surface area contributed by atoms with Gasteiger partial charge in [-0.15, -0.1) is 0 Å². The van der Waals surface area contributed by atoms with Gasteiger partial charge < -0.3 is 30.5 Å². The van der Waals surface area contributed by atoms with Gasteiger partial charge in [0.15, 0.2) is 5.75 Å². The fourth-order valence-electron chi connectivity index (χ4n) is 5.60. The molecule has 0 radical (unpaired) electrons. The number of methoxy groups -OCH3 is 1. The number of aliphatic hydroxyl groups is 1. The molecule has 42 heavy (non-hydrogen) atoms. The number of piperidine rings is 1. The van der Waals surface area contributed by atoms with Gasteiger partial charge in [-0.2, -0.15) is 0 Å². The molecule has 1 fully saturated rings. The highest BCUT2D eigenvalue weighted by Crippen LogP contribution is 2.46. The van der Waals surface area contributed by atoms with Crippen molar-refractivity contribution in [3.05, 3.63) is 94.0 Å². The standard InChI is InChI=1S/C33H40ClN3O5/c1-3-23-8-4-10-27(20-23)42-30-28(11-5-12-29(30)34)33(40,17-7-18-36-32(39)41-2)26-9-6-19-37(22-26)31(38)25-15-13-24(21-35)14-16-25/h4-5,8,10-16,20,26,40H,3,6-7,9,17-19,21-22,35H2,1-2H3,(H,36,39)/t26-,33+/m1/s1. The van der Waals surface area contributed by atoms with Crippen LogP contribution in [-0.2, 0) is 23.3 Å². The topological polar surface area (TPSA) is 114 Å². The first-order valence-corrected chi connectivity index (χ1v) is 14.8. The van der Waals surface area contributed by atoms with Crippen molar-refractivity contribution in [2.24, 2.45) is 11.7 Å². The van der Waals surface area contributed by atoms with Crippen LogP contribution in [0.1, 0.15) is 59.7 Å². The molecule has 2 amide bonds. The predicted molar refractivity (Wildman–Crippen MR) is 164 cm³/mol. The Morgan fingerprint density at radius 1 is 1.12 bits per heavy atom. The van der Waals surface area contributed by atoms with E-state index in [2.05, 4.69) is 12.2 Å². The number of carbonyl (C=O) groups excluding carboxylic acids is 2. The van der Waals surface area contributed by atoms with Gasteiger partial charge in [0.25, 0.3) is 5.91 Å². The van der Waals surface area contributed by atoms with Gasteiger partial charge in [-0.05, 0) is 73.6 Å². The van der Waals surface area contributed by atoms with Crippen molar-refractivity contribution in [2.75, 3.05) is 26.7 Å². The first-order valence-electron chi connectivity index (χ1n) is 14.5. The van der Waals surface area contributed by atoms with Crippen molar-refractivity contribution < 1.29 is 24.2 Å². The van der Waals surface area contributed by atoms with E-state index in [4.69, 9.17) is 26.8 Å². The van der Waals surface area contributed by atoms with E-state index in [1.165, 1.54) is 7.11 Å². The van der Waals surface area contributed by atoms with E-state index in [0.29, 0.717) is 73.1 Å². The van der Waals surface area contributed by atoms with Crippen LogP contribution < -0.4 is 15.8 Å². The van der Waals surface area contributed by atoms with Crippen molar-refractivity contribution >= 4 is 23.6 Å². The van der Waals surface area contributed by atoms with E-state index in [1.54, 1.807) is 29.2 Å². The Morgan fingerprint density at radius 2 is 1.88 bits per heavy atom. The van der Waals surface area contributed by atoms with E-state index in [-0.39, 0.29) is 11.8 Å². The molecule has 4 N–H and O–H groups in total. The van der Waals surface area contributed by atoms with Gasteiger partial charge in [0.2, 0.25) is 0 Å². The Balaban J connectivity index is 1.66. The predicted octanol–water partition coefficient (Wildman–Crippen LogP) is 6.03. The van der Waals surface area contributed by atoms with Crippen molar-refractivity contribution in [1.82, 2.24) is 10.2 Å². The third kappa shape index (κ3) is 7.43. The lowest BCUT2D eigenvalue weighted by Gasteiger charge is -2.43. The summed E-state index contributed by atoms with van der Waals surface area (Å²) in [6, 6.07) is 20.5. The maximum atomic E-state index is 13.5. The number of halogens is 1. The molecule has 4 rings (SSSR count). The van der Waals surface area contributed by atoms with Crippen molar-refractivity contribution in [1.29, 1.82) is 0 Å². The summed E-state index contributed by atoms with van der Waals surface area (Å²) in [6.45, 7) is 3.74. The van der Waals surface area contributed by atoms with E-state index in [9.17, 15) is 14.7 Å². The van der Waals surface area contributed by atoms with Gasteiger partial charge in [-0.25, -0.2) is 4.79 Å². The Kier molecular flexibility index (Phi) is 10.8. The minimum Gasteiger partial charge on any atom is -0.455 e. The molecule has 3 aromatic rings. The monoisotopic (exact) mass is 593 g/mol. The number of carbonyl (C=O) groups is 2. The molecule has 0 spiro atoms. The molecule has 1 aliphatic heterocycles. The summed E-state index contributed by atoms with van der Waals surface area (Å²) < 4.78 is 11.1. The van der Waals surface area contributed by atoms with Crippen LogP contribution in [0.25, 0.3) is 0 Å². The van der Waals surface area contributed by atoms with Crippen LogP contribution in [-0.4, -0.2) is 48.8 Å². The maximum absolute atomic E-state index is 13.5. The Labute approximate surface area is 252 Å². The third-order valence-electron chi connectivity index (χ3n) is 7.97. The zero-order chi connectivity index (χ0) is 30.1. The lowest BCUT2D eigenvalue weighted by Crippen LogP contribution is -2.48. The van der Waals surface area contributed by atoms with Crippen LogP contribution in [0.3, 0.4) is 0 Å². The Hall–Kier alpha value is -3.59. The number of amides is 2. The van der Waals surface area contributed by atoms with Gasteiger partial charge in [0.05, 0.1) is 17.7 Å². The number of benzene rings is 3. The highest BCUT2D eigenvalue weighted by molar-refractivity contribution is 6.32. The summed E-state index contributed by atoms with van der Waals surface area (Å²) in [4.78, 5) is 27.0. The van der Waals surface area contributed by atoms with Crippen LogP contribution in [0.5, 0.6) is 11.5 Å². The number of hydrogen-bond acceptors (Lipinski definition) is 6. The van der Waals surface area contributed by atoms with Crippen LogP contribution >= 0.6 is 11.6 Å². The summed E-state index contributed by atoms with van der Waals surface area (Å²) in [5.74, 6) is 0.618. The van der Waals surface area contributed by atoms with Crippen molar-refractivity contribution in [2.45, 2.75) is 51.2 Å². The van der Waals surface area contributed by atoms with Gasteiger partial charge in [0.1, 0.15) is 5.75 Å². The average molecular weight is 594 g/mol. The number of aryl methyl sites for hydroxylation is 1. The van der Waals surface area contributed by atoms with Crippen LogP contribution in [0.15, 0.2) is 66.7 Å². The number of rotatable bonds is 11. The van der Waals surface area contributed by atoms with Crippen LogP contribution in [0.2, 0.25) is 5.02 Å². The fraction of sp³-hybridized carbons (Fsp3) is 0.394. The van der Waals surface area contributed by atoms with E-state index in [0.717, 1.165) is 24.0 Å². The second kappa shape index (κ2) is 14.5. The minimum atomic E-state index is -1.40. The second-order valence-electron chi connectivity index (χ2n) is 10.7. The van der Waals surface area contributed by atoms with Crippen LogP contribution in [0, 0.1) is 5.92 Å². The van der Waals surface area contributed by atoms with E-state index >= 15 is 0 Å². The lowest BCUT2D eigenvalue weighted by molar-refractivity contribution is -0.0578.